The lowest BCUT2D eigenvalue weighted by atomic mass is 9.85. The third kappa shape index (κ3) is 4.41. The number of Topliss-reactive ketones (excluding diaryl/α,β-unsaturated/α-hetero) is 1. The fraction of sp³-hybridized carbons (Fsp3) is 0.818. The molecule has 0 bridgehead atoms. The standard InChI is InChI=1S/C11H23N3O3/c1-2-6-11(14,10(16)17)9(15)8(13)5-3-4-7-12/h8H,2-7,12-14H2,1H3,(H,16,17). The molecular formula is C11H23N3O3. The number of carboxylic acids is 1. The normalized spacial score (nSPS) is 16.2. The summed E-state index contributed by atoms with van der Waals surface area (Å²) >= 11 is 0. The molecule has 0 amide bonds. The quantitative estimate of drug-likeness (QED) is 0.322. The number of ketones is 1. The molecule has 100 valence electrons. The average molecular weight is 245 g/mol. The van der Waals surface area contributed by atoms with E-state index in [1.807, 2.05) is 0 Å². The van der Waals surface area contributed by atoms with Gasteiger partial charge in [0.2, 0.25) is 0 Å². The Labute approximate surface area is 102 Å². The number of hydrogen-bond acceptors (Lipinski definition) is 5. The molecule has 2 atom stereocenters. The highest BCUT2D eigenvalue weighted by molar-refractivity contribution is 6.09. The molecule has 0 saturated heterocycles. The molecule has 0 spiro atoms. The van der Waals surface area contributed by atoms with Gasteiger partial charge in [-0.05, 0) is 25.8 Å². The van der Waals surface area contributed by atoms with E-state index in [2.05, 4.69) is 0 Å². The number of carbonyl (C=O) groups is 2. The van der Waals surface area contributed by atoms with E-state index >= 15 is 0 Å². The molecular weight excluding hydrogens is 222 g/mol. The summed E-state index contributed by atoms with van der Waals surface area (Å²) in [6.45, 7) is 2.31. The number of carboxylic acid groups (broad SMARTS) is 1. The van der Waals surface area contributed by atoms with Crippen molar-refractivity contribution in [1.82, 2.24) is 0 Å². The van der Waals surface area contributed by atoms with Crippen LogP contribution in [-0.2, 0) is 9.59 Å². The third-order valence-corrected chi connectivity index (χ3v) is 2.77. The van der Waals surface area contributed by atoms with Crippen molar-refractivity contribution < 1.29 is 14.7 Å². The van der Waals surface area contributed by atoms with Gasteiger partial charge < -0.3 is 22.3 Å². The molecule has 6 heteroatoms. The first-order chi connectivity index (χ1) is 7.90. The Morgan fingerprint density at radius 1 is 1.35 bits per heavy atom. The molecule has 0 fully saturated rings. The molecule has 0 aliphatic carbocycles. The lowest BCUT2D eigenvalue weighted by Gasteiger charge is -2.25. The maximum Gasteiger partial charge on any atom is 0.331 e. The molecule has 0 aliphatic heterocycles. The van der Waals surface area contributed by atoms with Crippen LogP contribution in [0.1, 0.15) is 39.0 Å². The van der Waals surface area contributed by atoms with Gasteiger partial charge >= 0.3 is 5.97 Å². The van der Waals surface area contributed by atoms with Crippen molar-refractivity contribution in [2.45, 2.75) is 50.6 Å². The number of unbranched alkanes of at least 4 members (excludes halogenated alkanes) is 1. The van der Waals surface area contributed by atoms with Gasteiger partial charge in [-0.3, -0.25) is 4.79 Å². The van der Waals surface area contributed by atoms with Crippen molar-refractivity contribution in [3.63, 3.8) is 0 Å². The summed E-state index contributed by atoms with van der Waals surface area (Å²) in [6.07, 6.45) is 2.51. The highest BCUT2D eigenvalue weighted by Crippen LogP contribution is 2.15. The molecule has 2 unspecified atom stereocenters. The Morgan fingerprint density at radius 2 is 1.94 bits per heavy atom. The third-order valence-electron chi connectivity index (χ3n) is 2.77. The summed E-state index contributed by atoms with van der Waals surface area (Å²) in [6, 6.07) is -0.825. The topological polar surface area (TPSA) is 132 Å². The Bertz CT molecular complexity index is 271. The second kappa shape index (κ2) is 7.37. The largest absolute Gasteiger partial charge is 0.480 e. The molecule has 0 aromatic carbocycles. The molecule has 0 rings (SSSR count). The van der Waals surface area contributed by atoms with E-state index in [-0.39, 0.29) is 6.42 Å². The predicted octanol–water partition coefficient (Wildman–Crippen LogP) is -0.406. The molecule has 7 N–H and O–H groups in total. The Kier molecular flexibility index (Phi) is 6.94. The van der Waals surface area contributed by atoms with E-state index in [9.17, 15) is 9.59 Å². The number of carbonyl (C=O) groups excluding carboxylic acids is 1. The van der Waals surface area contributed by atoms with E-state index in [0.29, 0.717) is 25.8 Å². The summed E-state index contributed by atoms with van der Waals surface area (Å²) in [4.78, 5) is 23.0. The van der Waals surface area contributed by atoms with Gasteiger partial charge in [-0.25, -0.2) is 4.79 Å². The van der Waals surface area contributed by atoms with Crippen LogP contribution in [0.5, 0.6) is 0 Å². The summed E-state index contributed by atoms with van der Waals surface area (Å²) in [5.41, 5.74) is 14.8. The number of rotatable bonds is 9. The van der Waals surface area contributed by atoms with Crippen LogP contribution in [0.15, 0.2) is 0 Å². The van der Waals surface area contributed by atoms with Crippen LogP contribution in [0.25, 0.3) is 0 Å². The predicted molar refractivity (Wildman–Crippen MR) is 65.4 cm³/mol. The molecule has 0 heterocycles. The van der Waals surface area contributed by atoms with Crippen molar-refractivity contribution in [2.75, 3.05) is 6.54 Å². The van der Waals surface area contributed by atoms with Crippen LogP contribution in [0.4, 0.5) is 0 Å². The summed E-state index contributed by atoms with van der Waals surface area (Å²) in [7, 11) is 0. The minimum absolute atomic E-state index is 0.103. The Balaban J connectivity index is 4.56. The molecule has 0 aliphatic rings. The molecule has 0 aromatic rings. The first-order valence-corrected chi connectivity index (χ1v) is 5.92. The van der Waals surface area contributed by atoms with E-state index in [1.54, 1.807) is 6.92 Å². The van der Waals surface area contributed by atoms with Gasteiger partial charge in [0.1, 0.15) is 0 Å². The smallest absolute Gasteiger partial charge is 0.331 e. The highest BCUT2D eigenvalue weighted by Gasteiger charge is 2.43. The minimum Gasteiger partial charge on any atom is -0.480 e. The van der Waals surface area contributed by atoms with Gasteiger partial charge in [-0.1, -0.05) is 19.8 Å². The van der Waals surface area contributed by atoms with Crippen LogP contribution in [-0.4, -0.2) is 35.0 Å². The number of aliphatic carboxylic acids is 1. The maximum atomic E-state index is 11.9. The van der Waals surface area contributed by atoms with Gasteiger partial charge in [-0.15, -0.1) is 0 Å². The zero-order valence-corrected chi connectivity index (χ0v) is 10.3. The fourth-order valence-corrected chi connectivity index (χ4v) is 1.70. The highest BCUT2D eigenvalue weighted by atomic mass is 16.4. The summed E-state index contributed by atoms with van der Waals surface area (Å²) < 4.78 is 0. The van der Waals surface area contributed by atoms with Crippen molar-refractivity contribution >= 4 is 11.8 Å². The fourth-order valence-electron chi connectivity index (χ4n) is 1.70. The first kappa shape index (κ1) is 16.0. The minimum atomic E-state index is -1.85. The van der Waals surface area contributed by atoms with Crippen molar-refractivity contribution in [2.24, 2.45) is 17.2 Å². The van der Waals surface area contributed by atoms with Crippen LogP contribution in [0.2, 0.25) is 0 Å². The Morgan fingerprint density at radius 3 is 2.35 bits per heavy atom. The van der Waals surface area contributed by atoms with Crippen molar-refractivity contribution in [3.05, 3.63) is 0 Å². The van der Waals surface area contributed by atoms with Crippen molar-refractivity contribution in [1.29, 1.82) is 0 Å². The number of nitrogens with two attached hydrogens (primary N) is 3. The van der Waals surface area contributed by atoms with Gasteiger partial charge in [0.05, 0.1) is 6.04 Å². The lowest BCUT2D eigenvalue weighted by molar-refractivity contribution is -0.149. The summed E-state index contributed by atoms with van der Waals surface area (Å²) in [5, 5.41) is 9.03. The maximum absolute atomic E-state index is 11.9. The summed E-state index contributed by atoms with van der Waals surface area (Å²) in [5.74, 6) is -1.90. The van der Waals surface area contributed by atoms with E-state index in [0.717, 1.165) is 6.42 Å². The monoisotopic (exact) mass is 245 g/mol. The van der Waals surface area contributed by atoms with E-state index in [1.165, 1.54) is 0 Å². The molecule has 17 heavy (non-hydrogen) atoms. The van der Waals surface area contributed by atoms with Crippen LogP contribution in [0, 0.1) is 0 Å². The van der Waals surface area contributed by atoms with E-state index in [4.69, 9.17) is 22.3 Å². The van der Waals surface area contributed by atoms with Crippen LogP contribution >= 0.6 is 0 Å². The van der Waals surface area contributed by atoms with Gasteiger partial charge in [-0.2, -0.15) is 0 Å². The zero-order valence-electron chi connectivity index (χ0n) is 10.3. The first-order valence-electron chi connectivity index (χ1n) is 5.92. The zero-order chi connectivity index (χ0) is 13.5. The van der Waals surface area contributed by atoms with Gasteiger partial charge in [0.15, 0.2) is 11.3 Å². The average Bonchev–Trinajstić information content (AvgIpc) is 2.28. The van der Waals surface area contributed by atoms with E-state index < -0.39 is 23.3 Å². The number of hydrogen-bond donors (Lipinski definition) is 4. The van der Waals surface area contributed by atoms with Crippen LogP contribution in [0.3, 0.4) is 0 Å². The van der Waals surface area contributed by atoms with Gasteiger partial charge in [0.25, 0.3) is 0 Å². The second-order valence-corrected chi connectivity index (χ2v) is 4.28. The molecule has 0 saturated carbocycles. The Hall–Kier alpha value is -0.980. The second-order valence-electron chi connectivity index (χ2n) is 4.28. The molecule has 0 radical (unpaired) electrons. The van der Waals surface area contributed by atoms with Gasteiger partial charge in [0, 0.05) is 0 Å². The van der Waals surface area contributed by atoms with Crippen LogP contribution < -0.4 is 17.2 Å². The molecule has 0 aromatic heterocycles. The van der Waals surface area contributed by atoms with Crippen molar-refractivity contribution in [3.8, 4) is 0 Å². The molecule has 6 nitrogen and oxygen atoms in total. The lowest BCUT2D eigenvalue weighted by Crippen LogP contribution is -2.60. The SMILES string of the molecule is CCCC(N)(C(=O)O)C(=O)C(N)CCCCN.